The molecule has 21 heavy (non-hydrogen) atoms. The molecule has 3 rings (SSSR count). The van der Waals surface area contributed by atoms with Crippen molar-refractivity contribution in [1.82, 2.24) is 9.88 Å². The van der Waals surface area contributed by atoms with Crippen LogP contribution < -0.4 is 10.6 Å². The van der Waals surface area contributed by atoms with Gasteiger partial charge in [-0.1, -0.05) is 0 Å². The predicted molar refractivity (Wildman–Crippen MR) is 85.2 cm³/mol. The standard InChI is InChI=1S/C16H20N4O/c1-12(21)19-7-2-8-20(10-9-19)16-5-6-18-15-11-13(17)3-4-14(15)16/h3-6,11H,2,7-10,17H2,1H3. The Morgan fingerprint density at radius 2 is 2.05 bits per heavy atom. The lowest BCUT2D eigenvalue weighted by Gasteiger charge is -2.24. The number of nitrogen functional groups attached to an aromatic ring is 1. The van der Waals surface area contributed by atoms with Crippen LogP contribution in [0, 0.1) is 0 Å². The molecule has 0 bridgehead atoms. The van der Waals surface area contributed by atoms with Crippen molar-refractivity contribution in [1.29, 1.82) is 0 Å². The SMILES string of the molecule is CC(=O)N1CCCN(c2ccnc3cc(N)ccc23)CC1. The highest BCUT2D eigenvalue weighted by molar-refractivity contribution is 5.93. The minimum atomic E-state index is 0.157. The number of carbonyl (C=O) groups is 1. The van der Waals surface area contributed by atoms with Crippen LogP contribution in [0.1, 0.15) is 13.3 Å². The average molecular weight is 284 g/mol. The molecule has 1 fully saturated rings. The van der Waals surface area contributed by atoms with Gasteiger partial charge in [0.15, 0.2) is 0 Å². The number of hydrogen-bond acceptors (Lipinski definition) is 4. The van der Waals surface area contributed by atoms with Gasteiger partial charge in [0, 0.05) is 56.1 Å². The fraction of sp³-hybridized carbons (Fsp3) is 0.375. The third kappa shape index (κ3) is 2.77. The minimum absolute atomic E-state index is 0.157. The number of fused-ring (bicyclic) bond motifs is 1. The van der Waals surface area contributed by atoms with Gasteiger partial charge < -0.3 is 15.5 Å². The maximum atomic E-state index is 11.5. The third-order valence-electron chi connectivity index (χ3n) is 4.03. The smallest absolute Gasteiger partial charge is 0.219 e. The first-order chi connectivity index (χ1) is 10.1. The van der Waals surface area contributed by atoms with Crippen LogP contribution >= 0.6 is 0 Å². The lowest BCUT2D eigenvalue weighted by molar-refractivity contribution is -0.128. The molecule has 2 N–H and O–H groups in total. The van der Waals surface area contributed by atoms with Crippen LogP contribution in [0.3, 0.4) is 0 Å². The fourth-order valence-corrected chi connectivity index (χ4v) is 2.90. The van der Waals surface area contributed by atoms with Crippen molar-refractivity contribution in [3.63, 3.8) is 0 Å². The van der Waals surface area contributed by atoms with Gasteiger partial charge in [0.05, 0.1) is 5.52 Å². The Hall–Kier alpha value is -2.30. The molecule has 0 aliphatic carbocycles. The van der Waals surface area contributed by atoms with Crippen molar-refractivity contribution in [3.8, 4) is 0 Å². The lowest BCUT2D eigenvalue weighted by Crippen LogP contribution is -2.33. The molecule has 110 valence electrons. The number of amides is 1. The number of hydrogen-bond donors (Lipinski definition) is 1. The average Bonchev–Trinajstić information content (AvgIpc) is 2.72. The van der Waals surface area contributed by atoms with E-state index in [2.05, 4.69) is 9.88 Å². The normalized spacial score (nSPS) is 16.0. The summed E-state index contributed by atoms with van der Waals surface area (Å²) in [5.41, 5.74) is 8.65. The van der Waals surface area contributed by atoms with Crippen LogP contribution in [0.25, 0.3) is 10.9 Å². The number of aromatic nitrogens is 1. The van der Waals surface area contributed by atoms with Crippen molar-refractivity contribution in [2.45, 2.75) is 13.3 Å². The Morgan fingerprint density at radius 1 is 1.19 bits per heavy atom. The maximum Gasteiger partial charge on any atom is 0.219 e. The van der Waals surface area contributed by atoms with Crippen LogP contribution in [0.5, 0.6) is 0 Å². The molecular weight excluding hydrogens is 264 g/mol. The summed E-state index contributed by atoms with van der Waals surface area (Å²) in [6, 6.07) is 7.88. The van der Waals surface area contributed by atoms with E-state index in [9.17, 15) is 4.79 Å². The number of anilines is 2. The molecule has 1 amide bonds. The number of rotatable bonds is 1. The zero-order valence-electron chi connectivity index (χ0n) is 12.2. The lowest BCUT2D eigenvalue weighted by atomic mass is 10.1. The monoisotopic (exact) mass is 284 g/mol. The first kappa shape index (κ1) is 13.7. The summed E-state index contributed by atoms with van der Waals surface area (Å²) in [7, 11) is 0. The van der Waals surface area contributed by atoms with Crippen molar-refractivity contribution >= 4 is 28.2 Å². The number of benzene rings is 1. The molecule has 0 spiro atoms. The second kappa shape index (κ2) is 5.60. The van der Waals surface area contributed by atoms with Crippen LogP contribution in [-0.4, -0.2) is 42.0 Å². The van der Waals surface area contributed by atoms with Crippen molar-refractivity contribution in [2.24, 2.45) is 0 Å². The number of carbonyl (C=O) groups excluding carboxylic acids is 1. The summed E-state index contributed by atoms with van der Waals surface area (Å²) in [5.74, 6) is 0.157. The Kier molecular flexibility index (Phi) is 3.64. The maximum absolute atomic E-state index is 11.5. The summed E-state index contributed by atoms with van der Waals surface area (Å²) in [6.45, 7) is 5.05. The van der Waals surface area contributed by atoms with E-state index in [1.54, 1.807) is 6.92 Å². The molecular formula is C16H20N4O. The zero-order valence-corrected chi connectivity index (χ0v) is 12.2. The highest BCUT2D eigenvalue weighted by atomic mass is 16.2. The Labute approximate surface area is 124 Å². The molecule has 1 aromatic heterocycles. The summed E-state index contributed by atoms with van der Waals surface area (Å²) in [4.78, 5) is 20.2. The van der Waals surface area contributed by atoms with Gasteiger partial charge in [-0.2, -0.15) is 0 Å². The first-order valence-electron chi connectivity index (χ1n) is 7.30. The molecule has 2 heterocycles. The van der Waals surface area contributed by atoms with Gasteiger partial charge in [0.25, 0.3) is 0 Å². The fourth-order valence-electron chi connectivity index (χ4n) is 2.90. The number of nitrogens with two attached hydrogens (primary N) is 1. The third-order valence-corrected chi connectivity index (χ3v) is 4.03. The molecule has 1 aromatic carbocycles. The highest BCUT2D eigenvalue weighted by Crippen LogP contribution is 2.27. The van der Waals surface area contributed by atoms with Crippen LogP contribution in [0.15, 0.2) is 30.5 Å². The summed E-state index contributed by atoms with van der Waals surface area (Å²) in [5, 5.41) is 1.11. The van der Waals surface area contributed by atoms with Crippen molar-refractivity contribution < 1.29 is 4.79 Å². The van der Waals surface area contributed by atoms with Gasteiger partial charge in [-0.05, 0) is 30.7 Å². The Bertz CT molecular complexity index is 670. The topological polar surface area (TPSA) is 62.5 Å². The number of nitrogens with zero attached hydrogens (tertiary/aromatic N) is 3. The van der Waals surface area contributed by atoms with Crippen LogP contribution in [0.2, 0.25) is 0 Å². The van der Waals surface area contributed by atoms with E-state index in [1.165, 1.54) is 5.69 Å². The van der Waals surface area contributed by atoms with Gasteiger partial charge in [0.1, 0.15) is 0 Å². The first-order valence-corrected chi connectivity index (χ1v) is 7.30. The number of pyridine rings is 1. The largest absolute Gasteiger partial charge is 0.399 e. The van der Waals surface area contributed by atoms with E-state index in [4.69, 9.17) is 5.73 Å². The van der Waals surface area contributed by atoms with Crippen molar-refractivity contribution in [3.05, 3.63) is 30.5 Å². The molecule has 0 unspecified atom stereocenters. The molecule has 0 saturated carbocycles. The molecule has 0 atom stereocenters. The molecule has 1 aliphatic rings. The van der Waals surface area contributed by atoms with Gasteiger partial charge in [-0.3, -0.25) is 9.78 Å². The van der Waals surface area contributed by atoms with E-state index in [-0.39, 0.29) is 5.91 Å². The zero-order chi connectivity index (χ0) is 14.8. The van der Waals surface area contributed by atoms with E-state index in [0.717, 1.165) is 49.2 Å². The molecule has 0 radical (unpaired) electrons. The van der Waals surface area contributed by atoms with Gasteiger partial charge in [-0.25, -0.2) is 0 Å². The van der Waals surface area contributed by atoms with Gasteiger partial charge >= 0.3 is 0 Å². The van der Waals surface area contributed by atoms with Crippen LogP contribution in [-0.2, 0) is 4.79 Å². The predicted octanol–water partition coefficient (Wildman–Crippen LogP) is 1.88. The van der Waals surface area contributed by atoms with Gasteiger partial charge in [0.2, 0.25) is 5.91 Å². The summed E-state index contributed by atoms with van der Waals surface area (Å²) < 4.78 is 0. The quantitative estimate of drug-likeness (QED) is 0.812. The van der Waals surface area contributed by atoms with E-state index in [0.29, 0.717) is 0 Å². The Balaban J connectivity index is 1.91. The summed E-state index contributed by atoms with van der Waals surface area (Å²) >= 11 is 0. The molecule has 2 aromatic rings. The van der Waals surface area contributed by atoms with E-state index < -0.39 is 0 Å². The second-order valence-corrected chi connectivity index (χ2v) is 5.45. The second-order valence-electron chi connectivity index (χ2n) is 5.45. The molecule has 1 aliphatic heterocycles. The highest BCUT2D eigenvalue weighted by Gasteiger charge is 2.18. The molecule has 1 saturated heterocycles. The summed E-state index contributed by atoms with van der Waals surface area (Å²) in [6.07, 6.45) is 2.81. The minimum Gasteiger partial charge on any atom is -0.399 e. The molecule has 5 nitrogen and oxygen atoms in total. The van der Waals surface area contributed by atoms with Crippen molar-refractivity contribution in [2.75, 3.05) is 36.8 Å². The van der Waals surface area contributed by atoms with Gasteiger partial charge in [-0.15, -0.1) is 0 Å². The van der Waals surface area contributed by atoms with E-state index in [1.807, 2.05) is 35.4 Å². The van der Waals surface area contributed by atoms with E-state index >= 15 is 0 Å². The van der Waals surface area contributed by atoms with Crippen LogP contribution in [0.4, 0.5) is 11.4 Å². The molecule has 5 heteroatoms. The Morgan fingerprint density at radius 3 is 2.86 bits per heavy atom.